The Morgan fingerprint density at radius 2 is 1.15 bits per heavy atom. The number of hydrogen-bond donors (Lipinski definition) is 8. The van der Waals surface area contributed by atoms with E-state index in [1.807, 2.05) is 5.32 Å². The maximum atomic E-state index is 12.7. The van der Waals surface area contributed by atoms with E-state index in [0.717, 1.165) is 0 Å². The number of hydrogen-bond acceptors (Lipinski definition) is 8. The van der Waals surface area contributed by atoms with Gasteiger partial charge in [0.25, 0.3) is 0 Å². The maximum absolute atomic E-state index is 12.7. The second-order valence-electron chi connectivity index (χ2n) is 7.56. The van der Waals surface area contributed by atoms with E-state index in [-0.39, 0.29) is 5.92 Å². The topological polar surface area (TPSA) is 263 Å². The lowest BCUT2D eigenvalue weighted by Crippen LogP contribution is -2.58. The van der Waals surface area contributed by atoms with Crippen LogP contribution in [0.3, 0.4) is 0 Å². The quantitative estimate of drug-likeness (QED) is 0.114. The zero-order chi connectivity index (χ0) is 26.6. The monoisotopic (exact) mass is 490 g/mol. The highest BCUT2D eigenvalue weighted by Crippen LogP contribution is 2.07. The molecule has 15 heteroatoms. The van der Waals surface area contributed by atoms with Crippen molar-refractivity contribution in [1.82, 2.24) is 16.0 Å². The van der Waals surface area contributed by atoms with Crippen molar-refractivity contribution in [3.8, 4) is 0 Å². The number of carboxylic acids is 4. The number of rotatable bonds is 16. The molecular weight excluding hydrogens is 460 g/mol. The first kappa shape index (κ1) is 30.2. The van der Waals surface area contributed by atoms with Gasteiger partial charge in [0.1, 0.15) is 18.1 Å². The van der Waals surface area contributed by atoms with Crippen LogP contribution < -0.4 is 21.7 Å². The molecule has 0 aliphatic carbocycles. The van der Waals surface area contributed by atoms with Gasteiger partial charge in [-0.2, -0.15) is 0 Å². The highest BCUT2D eigenvalue weighted by molar-refractivity contribution is 5.96. The average Bonchev–Trinajstić information content (AvgIpc) is 2.73. The van der Waals surface area contributed by atoms with Gasteiger partial charge in [0.15, 0.2) is 0 Å². The number of carbonyl (C=O) groups excluding carboxylic acids is 3. The van der Waals surface area contributed by atoms with Crippen LogP contribution in [0.1, 0.15) is 46.0 Å². The maximum Gasteiger partial charge on any atom is 0.326 e. The first-order valence-electron chi connectivity index (χ1n) is 10.2. The number of aliphatic carboxylic acids is 4. The van der Waals surface area contributed by atoms with E-state index < -0.39 is 91.4 Å². The van der Waals surface area contributed by atoms with E-state index in [1.165, 1.54) is 0 Å². The average molecular weight is 490 g/mol. The third-order valence-corrected chi connectivity index (χ3v) is 4.84. The fraction of sp³-hybridized carbons (Fsp3) is 0.632. The van der Waals surface area contributed by atoms with E-state index in [1.54, 1.807) is 13.8 Å². The van der Waals surface area contributed by atoms with Crippen molar-refractivity contribution in [2.45, 2.75) is 70.1 Å². The Morgan fingerprint density at radius 3 is 1.59 bits per heavy atom. The van der Waals surface area contributed by atoms with E-state index in [4.69, 9.17) is 26.2 Å². The first-order valence-corrected chi connectivity index (χ1v) is 10.2. The Hall–Kier alpha value is -3.75. The highest BCUT2D eigenvalue weighted by atomic mass is 16.4. The van der Waals surface area contributed by atoms with Gasteiger partial charge < -0.3 is 42.1 Å². The zero-order valence-electron chi connectivity index (χ0n) is 18.6. The van der Waals surface area contributed by atoms with Crippen molar-refractivity contribution in [1.29, 1.82) is 0 Å². The molecule has 9 N–H and O–H groups in total. The number of nitrogens with one attached hydrogen (secondary N) is 3. The van der Waals surface area contributed by atoms with Crippen molar-refractivity contribution in [2.24, 2.45) is 11.7 Å². The lowest BCUT2D eigenvalue weighted by Gasteiger charge is -2.25. The molecule has 0 bridgehead atoms. The van der Waals surface area contributed by atoms with Gasteiger partial charge in [-0.1, -0.05) is 20.3 Å². The summed E-state index contributed by atoms with van der Waals surface area (Å²) in [7, 11) is 0. The molecule has 0 spiro atoms. The standard InChI is InChI=1S/C19H30N4O11/c1-3-8(2)15(20)18(32)22-10(6-13(26)27)17(31)21-9(4-5-12(24)25)16(30)23-11(19(33)34)7-14(28)29/h8-11,15H,3-7,20H2,1-2H3,(H,21,31)(H,22,32)(H,23,30)(H,24,25)(H,26,27)(H,28,29)(H,33,34). The summed E-state index contributed by atoms with van der Waals surface area (Å²) in [4.78, 5) is 81.6. The molecule has 0 fully saturated rings. The summed E-state index contributed by atoms with van der Waals surface area (Å²) in [5.74, 6) is -9.56. The lowest BCUT2D eigenvalue weighted by atomic mass is 9.99. The molecule has 0 saturated carbocycles. The smallest absolute Gasteiger partial charge is 0.326 e. The van der Waals surface area contributed by atoms with Crippen molar-refractivity contribution in [2.75, 3.05) is 0 Å². The molecular formula is C19H30N4O11. The largest absolute Gasteiger partial charge is 0.481 e. The van der Waals surface area contributed by atoms with Crippen LogP contribution in [0.25, 0.3) is 0 Å². The van der Waals surface area contributed by atoms with Crippen LogP contribution in [0.5, 0.6) is 0 Å². The molecule has 0 aromatic carbocycles. The summed E-state index contributed by atoms with van der Waals surface area (Å²) in [6.45, 7) is 3.43. The minimum atomic E-state index is -1.88. The summed E-state index contributed by atoms with van der Waals surface area (Å²) < 4.78 is 0. The van der Waals surface area contributed by atoms with E-state index in [0.29, 0.717) is 6.42 Å². The molecule has 3 amide bonds. The third kappa shape index (κ3) is 11.2. The van der Waals surface area contributed by atoms with Crippen molar-refractivity contribution < 1.29 is 54.0 Å². The molecule has 0 radical (unpaired) electrons. The summed E-state index contributed by atoms with van der Waals surface area (Å²) in [5, 5.41) is 42.0. The van der Waals surface area contributed by atoms with E-state index >= 15 is 0 Å². The van der Waals surface area contributed by atoms with Crippen molar-refractivity contribution in [3.63, 3.8) is 0 Å². The number of nitrogens with two attached hydrogens (primary N) is 1. The molecule has 0 aromatic rings. The molecule has 0 saturated heterocycles. The van der Waals surface area contributed by atoms with E-state index in [2.05, 4.69) is 10.6 Å². The molecule has 0 aliphatic heterocycles. The van der Waals surface area contributed by atoms with Crippen LogP contribution in [-0.2, 0) is 33.6 Å². The van der Waals surface area contributed by atoms with Gasteiger partial charge in [0, 0.05) is 6.42 Å². The van der Waals surface area contributed by atoms with Gasteiger partial charge in [-0.25, -0.2) is 4.79 Å². The lowest BCUT2D eigenvalue weighted by molar-refractivity contribution is -0.147. The summed E-state index contributed by atoms with van der Waals surface area (Å²) in [6.07, 6.45) is -2.56. The summed E-state index contributed by atoms with van der Waals surface area (Å²) >= 11 is 0. The number of carbonyl (C=O) groups is 7. The normalized spacial score (nSPS) is 15.0. The Kier molecular flexibility index (Phi) is 12.8. The van der Waals surface area contributed by atoms with Gasteiger partial charge >= 0.3 is 23.9 Å². The van der Waals surface area contributed by atoms with Crippen LogP contribution in [0.15, 0.2) is 0 Å². The highest BCUT2D eigenvalue weighted by Gasteiger charge is 2.32. The Bertz CT molecular complexity index is 801. The Morgan fingerprint density at radius 1 is 0.706 bits per heavy atom. The molecule has 0 heterocycles. The Labute approximate surface area is 194 Å². The Balaban J connectivity index is 5.65. The van der Waals surface area contributed by atoms with E-state index in [9.17, 15) is 33.6 Å². The molecule has 0 aromatic heterocycles. The fourth-order valence-electron chi connectivity index (χ4n) is 2.62. The molecule has 5 atom stereocenters. The molecule has 34 heavy (non-hydrogen) atoms. The number of amides is 3. The van der Waals surface area contributed by atoms with Crippen LogP contribution in [0, 0.1) is 5.92 Å². The second-order valence-corrected chi connectivity index (χ2v) is 7.56. The summed E-state index contributed by atoms with van der Waals surface area (Å²) in [5.41, 5.74) is 5.78. The van der Waals surface area contributed by atoms with Crippen molar-refractivity contribution in [3.05, 3.63) is 0 Å². The zero-order valence-corrected chi connectivity index (χ0v) is 18.6. The predicted octanol–water partition coefficient (Wildman–Crippen LogP) is -2.29. The van der Waals surface area contributed by atoms with Crippen LogP contribution in [-0.4, -0.2) is 86.2 Å². The van der Waals surface area contributed by atoms with Crippen molar-refractivity contribution >= 4 is 41.6 Å². The molecule has 192 valence electrons. The minimum Gasteiger partial charge on any atom is -0.481 e. The third-order valence-electron chi connectivity index (χ3n) is 4.84. The van der Waals surface area contributed by atoms with Gasteiger partial charge in [-0.05, 0) is 12.3 Å². The predicted molar refractivity (Wildman–Crippen MR) is 112 cm³/mol. The SMILES string of the molecule is CCC(C)C(N)C(=O)NC(CC(=O)O)C(=O)NC(CCC(=O)O)C(=O)NC(CC(=O)O)C(=O)O. The fourth-order valence-corrected chi connectivity index (χ4v) is 2.62. The minimum absolute atomic E-state index is 0.301. The van der Waals surface area contributed by atoms with Gasteiger partial charge in [-0.3, -0.25) is 28.8 Å². The summed E-state index contributed by atoms with van der Waals surface area (Å²) in [6, 6.07) is -6.30. The van der Waals surface area contributed by atoms with Gasteiger partial charge in [0.2, 0.25) is 17.7 Å². The van der Waals surface area contributed by atoms with Crippen LogP contribution in [0.4, 0.5) is 0 Å². The molecule has 0 aliphatic rings. The second kappa shape index (κ2) is 14.4. The van der Waals surface area contributed by atoms with Crippen LogP contribution >= 0.6 is 0 Å². The number of carboxylic acid groups (broad SMARTS) is 4. The molecule has 15 nitrogen and oxygen atoms in total. The first-order chi connectivity index (χ1) is 15.7. The van der Waals surface area contributed by atoms with Gasteiger partial charge in [-0.15, -0.1) is 0 Å². The van der Waals surface area contributed by atoms with Gasteiger partial charge in [0.05, 0.1) is 18.9 Å². The molecule has 5 unspecified atom stereocenters. The molecule has 0 rings (SSSR count). The van der Waals surface area contributed by atoms with Crippen LogP contribution in [0.2, 0.25) is 0 Å².